The van der Waals surface area contributed by atoms with Crippen LogP contribution >= 0.6 is 12.8 Å². The monoisotopic (exact) mass is 182 g/mol. The Balaban J connectivity index is 2.38. The number of benzene rings is 1. The number of carbonyl (C=O) groups excluding carboxylic acids is 1. The summed E-state index contributed by atoms with van der Waals surface area (Å²) in [7, 11) is 0. The number of nitrogens with zero attached hydrogens (tertiary/aromatic N) is 1. The Kier molecular flexibility index (Phi) is 3.63. The average Bonchev–Trinajstić information content (AvgIpc) is 2.16. The first kappa shape index (κ1) is 9.09. The fourth-order valence-corrected chi connectivity index (χ4v) is 0.806. The molecule has 1 amide bonds. The minimum atomic E-state index is -0.665. The SMILES string of the molecule is O=C([N+]S)OCc1ccccc1. The van der Waals surface area contributed by atoms with Crippen molar-refractivity contribution in [1.29, 1.82) is 0 Å². The zero-order valence-corrected chi connectivity index (χ0v) is 7.20. The van der Waals surface area contributed by atoms with Crippen molar-refractivity contribution in [3.8, 4) is 0 Å². The molecule has 0 aromatic heterocycles. The first-order chi connectivity index (χ1) is 5.83. The molecule has 0 atom stereocenters. The van der Waals surface area contributed by atoms with Gasteiger partial charge in [0.05, 0.1) is 0 Å². The highest BCUT2D eigenvalue weighted by molar-refractivity contribution is 7.78. The van der Waals surface area contributed by atoms with Crippen molar-refractivity contribution in [2.75, 3.05) is 0 Å². The molecule has 12 heavy (non-hydrogen) atoms. The summed E-state index contributed by atoms with van der Waals surface area (Å²) in [6.07, 6.45) is -0.665. The van der Waals surface area contributed by atoms with Crippen LogP contribution in [0.1, 0.15) is 5.56 Å². The number of carbonyl (C=O) groups is 1. The molecule has 0 unspecified atom stereocenters. The highest BCUT2D eigenvalue weighted by Gasteiger charge is 2.15. The van der Waals surface area contributed by atoms with E-state index < -0.39 is 6.09 Å². The predicted molar refractivity (Wildman–Crippen MR) is 47.7 cm³/mol. The number of hydrogen-bond donors (Lipinski definition) is 1. The maximum atomic E-state index is 10.5. The van der Waals surface area contributed by atoms with Crippen LogP contribution in [0.4, 0.5) is 4.79 Å². The van der Waals surface area contributed by atoms with Gasteiger partial charge in [-0.2, -0.15) is 4.79 Å². The minimum Gasteiger partial charge on any atom is -0.406 e. The number of amides is 1. The van der Waals surface area contributed by atoms with Crippen molar-refractivity contribution in [2.24, 2.45) is 0 Å². The minimum absolute atomic E-state index is 0.240. The van der Waals surface area contributed by atoms with E-state index in [9.17, 15) is 4.79 Å². The van der Waals surface area contributed by atoms with E-state index in [0.717, 1.165) is 5.56 Å². The maximum Gasteiger partial charge on any atom is 0.645 e. The number of ether oxygens (including phenoxy) is 1. The van der Waals surface area contributed by atoms with Crippen LogP contribution in [0.15, 0.2) is 30.3 Å². The largest absolute Gasteiger partial charge is 0.645 e. The van der Waals surface area contributed by atoms with Gasteiger partial charge in [0.1, 0.15) is 6.61 Å². The van der Waals surface area contributed by atoms with Crippen LogP contribution in [-0.4, -0.2) is 6.09 Å². The summed E-state index contributed by atoms with van der Waals surface area (Å²) in [5.74, 6) is 0. The number of thiol groups is 1. The molecule has 0 spiro atoms. The van der Waals surface area contributed by atoms with Crippen molar-refractivity contribution >= 4 is 18.9 Å². The van der Waals surface area contributed by atoms with E-state index in [4.69, 9.17) is 4.74 Å². The molecule has 0 saturated carbocycles. The third-order valence-electron chi connectivity index (χ3n) is 1.29. The van der Waals surface area contributed by atoms with Gasteiger partial charge < -0.3 is 4.74 Å². The first-order valence-corrected chi connectivity index (χ1v) is 3.78. The van der Waals surface area contributed by atoms with Crippen molar-refractivity contribution < 1.29 is 9.53 Å². The normalized spacial score (nSPS) is 9.42. The summed E-state index contributed by atoms with van der Waals surface area (Å²) >= 11 is 3.41. The quantitative estimate of drug-likeness (QED) is 0.708. The van der Waals surface area contributed by atoms with E-state index in [-0.39, 0.29) is 6.61 Å². The van der Waals surface area contributed by atoms with E-state index >= 15 is 0 Å². The van der Waals surface area contributed by atoms with Gasteiger partial charge in [0, 0.05) is 0 Å². The lowest BCUT2D eigenvalue weighted by molar-refractivity contribution is 0.146. The Morgan fingerprint density at radius 1 is 1.42 bits per heavy atom. The van der Waals surface area contributed by atoms with Gasteiger partial charge >= 0.3 is 6.09 Å². The van der Waals surface area contributed by atoms with Crippen molar-refractivity contribution in [1.82, 2.24) is 4.72 Å². The van der Waals surface area contributed by atoms with Crippen LogP contribution in [0.5, 0.6) is 0 Å². The fraction of sp³-hybridized carbons (Fsp3) is 0.125. The Bertz CT molecular complexity index is 250. The van der Waals surface area contributed by atoms with Crippen LogP contribution < -0.4 is 4.72 Å². The molecule has 4 heteroatoms. The van der Waals surface area contributed by atoms with Gasteiger partial charge in [0.25, 0.3) is 4.72 Å². The molecule has 0 aliphatic rings. The first-order valence-electron chi connectivity index (χ1n) is 3.38. The predicted octanol–water partition coefficient (Wildman–Crippen LogP) is 1.77. The van der Waals surface area contributed by atoms with Gasteiger partial charge in [-0.3, -0.25) is 0 Å². The lowest BCUT2D eigenvalue weighted by Crippen LogP contribution is -2.08. The van der Waals surface area contributed by atoms with E-state index in [2.05, 4.69) is 17.5 Å². The highest BCUT2D eigenvalue weighted by Crippen LogP contribution is 2.00. The third kappa shape index (κ3) is 2.94. The van der Waals surface area contributed by atoms with Gasteiger partial charge in [-0.15, -0.1) is 0 Å². The van der Waals surface area contributed by atoms with Gasteiger partial charge in [0.15, 0.2) is 0 Å². The molecule has 0 heterocycles. The number of rotatable bonds is 2. The zero-order valence-electron chi connectivity index (χ0n) is 6.30. The molecule has 0 bridgehead atoms. The molecule has 0 aliphatic carbocycles. The van der Waals surface area contributed by atoms with E-state index in [0.29, 0.717) is 0 Å². The summed E-state index contributed by atoms with van der Waals surface area (Å²) in [5.41, 5.74) is 0.933. The molecule has 1 rings (SSSR count). The second-order valence-electron chi connectivity index (χ2n) is 2.14. The summed E-state index contributed by atoms with van der Waals surface area (Å²) in [6, 6.07) is 9.38. The summed E-state index contributed by atoms with van der Waals surface area (Å²) in [4.78, 5) is 10.5. The Hall–Kier alpha value is -1.00. The van der Waals surface area contributed by atoms with Crippen LogP contribution in [0.3, 0.4) is 0 Å². The highest BCUT2D eigenvalue weighted by atomic mass is 32.1. The molecule has 0 N–H and O–H groups in total. The smallest absolute Gasteiger partial charge is 0.406 e. The molecule has 62 valence electrons. The molecule has 0 saturated heterocycles. The van der Waals surface area contributed by atoms with Gasteiger partial charge in [0.2, 0.25) is 12.8 Å². The second-order valence-corrected chi connectivity index (χ2v) is 2.34. The van der Waals surface area contributed by atoms with Gasteiger partial charge in [-0.05, 0) is 5.56 Å². The molecule has 0 fully saturated rings. The summed E-state index contributed by atoms with van der Waals surface area (Å²) in [5, 5.41) is 0. The topological polar surface area (TPSA) is 40.4 Å². The Labute approximate surface area is 76.3 Å². The average molecular weight is 182 g/mol. The van der Waals surface area contributed by atoms with Crippen LogP contribution in [0.2, 0.25) is 0 Å². The summed E-state index contributed by atoms with van der Waals surface area (Å²) in [6.45, 7) is 0.240. The fourth-order valence-electron chi connectivity index (χ4n) is 0.748. The lowest BCUT2D eigenvalue weighted by atomic mass is 10.2. The molecule has 3 nitrogen and oxygen atoms in total. The molecular weight excluding hydrogens is 174 g/mol. The van der Waals surface area contributed by atoms with E-state index in [1.807, 2.05) is 30.3 Å². The second kappa shape index (κ2) is 4.79. The molecule has 1 aromatic carbocycles. The zero-order chi connectivity index (χ0) is 8.81. The van der Waals surface area contributed by atoms with E-state index in [1.54, 1.807) is 0 Å². The van der Waals surface area contributed by atoms with Crippen LogP contribution in [-0.2, 0) is 11.3 Å². The number of hydrogen-bond acceptors (Lipinski definition) is 3. The molecule has 0 aliphatic heterocycles. The van der Waals surface area contributed by atoms with Gasteiger partial charge in [-0.1, -0.05) is 30.3 Å². The van der Waals surface area contributed by atoms with Crippen LogP contribution in [0.25, 0.3) is 0 Å². The van der Waals surface area contributed by atoms with Crippen molar-refractivity contribution in [3.05, 3.63) is 35.9 Å². The van der Waals surface area contributed by atoms with Crippen molar-refractivity contribution in [3.63, 3.8) is 0 Å². The molecule has 2 radical (unpaired) electrons. The van der Waals surface area contributed by atoms with Crippen molar-refractivity contribution in [2.45, 2.75) is 6.61 Å². The lowest BCUT2D eigenvalue weighted by Gasteiger charge is -1.95. The van der Waals surface area contributed by atoms with E-state index in [1.165, 1.54) is 0 Å². The Morgan fingerprint density at radius 2 is 2.08 bits per heavy atom. The molecular formula is C8H8NO2S+. The molecule has 1 aromatic rings. The van der Waals surface area contributed by atoms with Crippen LogP contribution in [0, 0.1) is 0 Å². The standard InChI is InChI=1S/C8H8NO2S/c10-8(9-12)11-6-7-4-2-1-3-5-7/h1-5,12H,6H2/q+1. The summed E-state index contributed by atoms with van der Waals surface area (Å²) < 4.78 is 7.73. The third-order valence-corrected chi connectivity index (χ3v) is 1.45. The van der Waals surface area contributed by atoms with Gasteiger partial charge in [-0.25, -0.2) is 0 Å². The maximum absolute atomic E-state index is 10.5. The Morgan fingerprint density at radius 3 is 2.67 bits per heavy atom.